The van der Waals surface area contributed by atoms with Gasteiger partial charge >= 0.3 is 5.97 Å². The molecule has 104 valence electrons. The van der Waals surface area contributed by atoms with E-state index in [1.807, 2.05) is 24.3 Å². The first-order valence-corrected chi connectivity index (χ1v) is 6.27. The SMILES string of the molecule is CCc1ccc(COn2cc(C(=O)O)ccc2=O)cc1. The Labute approximate surface area is 116 Å². The summed E-state index contributed by atoms with van der Waals surface area (Å²) in [5, 5.41) is 8.87. The van der Waals surface area contributed by atoms with Gasteiger partial charge in [0, 0.05) is 6.07 Å². The summed E-state index contributed by atoms with van der Waals surface area (Å²) in [6.07, 6.45) is 2.13. The van der Waals surface area contributed by atoms with Crippen molar-refractivity contribution in [1.82, 2.24) is 4.73 Å². The van der Waals surface area contributed by atoms with Crippen LogP contribution in [-0.2, 0) is 13.0 Å². The van der Waals surface area contributed by atoms with Crippen molar-refractivity contribution in [2.75, 3.05) is 0 Å². The molecule has 20 heavy (non-hydrogen) atoms. The lowest BCUT2D eigenvalue weighted by Gasteiger charge is -2.09. The third kappa shape index (κ3) is 3.26. The highest BCUT2D eigenvalue weighted by molar-refractivity contribution is 5.87. The second kappa shape index (κ2) is 6.06. The summed E-state index contributed by atoms with van der Waals surface area (Å²) in [7, 11) is 0. The van der Waals surface area contributed by atoms with E-state index in [9.17, 15) is 9.59 Å². The number of carboxylic acids is 1. The van der Waals surface area contributed by atoms with Crippen molar-refractivity contribution in [3.63, 3.8) is 0 Å². The van der Waals surface area contributed by atoms with Crippen molar-refractivity contribution < 1.29 is 14.7 Å². The smallest absolute Gasteiger partial charge is 0.337 e. The Kier molecular flexibility index (Phi) is 4.20. The number of carboxylic acid groups (broad SMARTS) is 1. The van der Waals surface area contributed by atoms with Crippen molar-refractivity contribution in [2.24, 2.45) is 0 Å². The van der Waals surface area contributed by atoms with Crippen LogP contribution in [-0.4, -0.2) is 15.8 Å². The van der Waals surface area contributed by atoms with Gasteiger partial charge in [0.1, 0.15) is 6.61 Å². The van der Waals surface area contributed by atoms with Crippen molar-refractivity contribution in [2.45, 2.75) is 20.0 Å². The summed E-state index contributed by atoms with van der Waals surface area (Å²) in [4.78, 5) is 27.7. The molecule has 1 heterocycles. The first-order chi connectivity index (χ1) is 9.60. The molecule has 0 aliphatic rings. The Bertz CT molecular complexity index is 658. The summed E-state index contributed by atoms with van der Waals surface area (Å²) in [6, 6.07) is 10.3. The lowest BCUT2D eigenvalue weighted by molar-refractivity contribution is 0.0674. The van der Waals surface area contributed by atoms with Crippen molar-refractivity contribution in [1.29, 1.82) is 0 Å². The average molecular weight is 273 g/mol. The van der Waals surface area contributed by atoms with Crippen LogP contribution in [0.25, 0.3) is 0 Å². The van der Waals surface area contributed by atoms with E-state index < -0.39 is 11.5 Å². The Morgan fingerprint density at radius 2 is 1.80 bits per heavy atom. The molecule has 0 bridgehead atoms. The summed E-state index contributed by atoms with van der Waals surface area (Å²) < 4.78 is 0.942. The van der Waals surface area contributed by atoms with Crippen LogP contribution in [0, 0.1) is 0 Å². The molecule has 1 aromatic heterocycles. The van der Waals surface area contributed by atoms with Crippen LogP contribution in [0.2, 0.25) is 0 Å². The lowest BCUT2D eigenvalue weighted by Crippen LogP contribution is -2.26. The average Bonchev–Trinajstić information content (AvgIpc) is 2.46. The zero-order valence-electron chi connectivity index (χ0n) is 11.1. The molecule has 0 saturated heterocycles. The molecule has 1 N–H and O–H groups in total. The molecule has 0 aliphatic heterocycles. The number of hydrogen-bond donors (Lipinski definition) is 1. The summed E-state index contributed by atoms with van der Waals surface area (Å²) >= 11 is 0. The molecule has 0 radical (unpaired) electrons. The molecule has 0 spiro atoms. The fourth-order valence-corrected chi connectivity index (χ4v) is 1.71. The van der Waals surface area contributed by atoms with Gasteiger partial charge in [-0.2, -0.15) is 4.73 Å². The molecule has 5 heteroatoms. The maximum atomic E-state index is 11.6. The Morgan fingerprint density at radius 1 is 1.15 bits per heavy atom. The highest BCUT2D eigenvalue weighted by Gasteiger charge is 2.06. The van der Waals surface area contributed by atoms with E-state index in [0.29, 0.717) is 0 Å². The molecule has 2 aromatic rings. The number of hydrogen-bond acceptors (Lipinski definition) is 3. The monoisotopic (exact) mass is 273 g/mol. The second-order valence-electron chi connectivity index (χ2n) is 4.33. The number of aromatic nitrogens is 1. The number of pyridine rings is 1. The third-order valence-electron chi connectivity index (χ3n) is 2.93. The molecular formula is C15H15NO4. The van der Waals surface area contributed by atoms with Crippen LogP contribution in [0.5, 0.6) is 0 Å². The summed E-state index contributed by atoms with van der Waals surface area (Å²) in [6.45, 7) is 2.27. The van der Waals surface area contributed by atoms with E-state index in [0.717, 1.165) is 16.7 Å². The molecule has 2 rings (SSSR count). The van der Waals surface area contributed by atoms with Gasteiger partial charge < -0.3 is 9.94 Å². The van der Waals surface area contributed by atoms with Gasteiger partial charge in [0.15, 0.2) is 0 Å². The van der Waals surface area contributed by atoms with Gasteiger partial charge in [0.2, 0.25) is 0 Å². The van der Waals surface area contributed by atoms with Crippen LogP contribution in [0.1, 0.15) is 28.4 Å². The summed E-state index contributed by atoms with van der Waals surface area (Å²) in [5.74, 6) is -1.10. The molecule has 0 saturated carbocycles. The van der Waals surface area contributed by atoms with Crippen molar-refractivity contribution >= 4 is 5.97 Å². The first-order valence-electron chi connectivity index (χ1n) is 6.27. The minimum Gasteiger partial charge on any atom is -0.478 e. The molecular weight excluding hydrogens is 258 g/mol. The van der Waals surface area contributed by atoms with E-state index in [2.05, 4.69) is 6.92 Å². The van der Waals surface area contributed by atoms with Crippen molar-refractivity contribution in [3.05, 3.63) is 69.6 Å². The highest BCUT2D eigenvalue weighted by atomic mass is 16.7. The number of carbonyl (C=O) groups is 1. The summed E-state index contributed by atoms with van der Waals surface area (Å²) in [5.41, 5.74) is 1.74. The van der Waals surface area contributed by atoms with E-state index in [1.54, 1.807) is 0 Å². The molecule has 0 amide bonds. The van der Waals surface area contributed by atoms with Gasteiger partial charge in [-0.15, -0.1) is 0 Å². The van der Waals surface area contributed by atoms with Crippen molar-refractivity contribution in [3.8, 4) is 0 Å². The standard InChI is InChI=1S/C15H15NO4/c1-2-11-3-5-12(6-4-11)10-20-16-9-13(15(18)19)7-8-14(16)17/h3-9H,2,10H2,1H3,(H,18,19). The highest BCUT2D eigenvalue weighted by Crippen LogP contribution is 2.05. The quantitative estimate of drug-likeness (QED) is 0.901. The van der Waals surface area contributed by atoms with E-state index in [-0.39, 0.29) is 12.2 Å². The maximum Gasteiger partial charge on any atom is 0.337 e. The van der Waals surface area contributed by atoms with Gasteiger partial charge in [-0.05, 0) is 23.6 Å². The Hall–Kier alpha value is -2.56. The zero-order chi connectivity index (χ0) is 14.5. The minimum absolute atomic E-state index is 0.00549. The normalized spacial score (nSPS) is 10.2. The predicted octanol–water partition coefficient (Wildman–Crippen LogP) is 1.74. The molecule has 0 fully saturated rings. The van der Waals surface area contributed by atoms with Gasteiger partial charge in [0.25, 0.3) is 5.56 Å². The van der Waals surface area contributed by atoms with Gasteiger partial charge in [0.05, 0.1) is 11.8 Å². The van der Waals surface area contributed by atoms with Gasteiger partial charge in [-0.1, -0.05) is 31.2 Å². The third-order valence-corrected chi connectivity index (χ3v) is 2.93. The Balaban J connectivity index is 2.11. The van der Waals surface area contributed by atoms with Crippen LogP contribution >= 0.6 is 0 Å². The number of aryl methyl sites for hydroxylation is 1. The van der Waals surface area contributed by atoms with Gasteiger partial charge in [-0.25, -0.2) is 4.79 Å². The second-order valence-corrected chi connectivity index (χ2v) is 4.33. The topological polar surface area (TPSA) is 68.5 Å². The van der Waals surface area contributed by atoms with Gasteiger partial charge in [-0.3, -0.25) is 4.79 Å². The minimum atomic E-state index is -1.10. The molecule has 0 aliphatic carbocycles. The molecule has 0 atom stereocenters. The lowest BCUT2D eigenvalue weighted by atomic mass is 10.1. The van der Waals surface area contributed by atoms with E-state index >= 15 is 0 Å². The van der Waals surface area contributed by atoms with E-state index in [4.69, 9.17) is 9.94 Å². The van der Waals surface area contributed by atoms with Crippen LogP contribution in [0.3, 0.4) is 0 Å². The number of benzene rings is 1. The number of rotatable bonds is 5. The fraction of sp³-hybridized carbons (Fsp3) is 0.200. The fourth-order valence-electron chi connectivity index (χ4n) is 1.71. The largest absolute Gasteiger partial charge is 0.478 e. The molecule has 0 unspecified atom stereocenters. The van der Waals surface area contributed by atoms with E-state index in [1.165, 1.54) is 23.9 Å². The van der Waals surface area contributed by atoms with Crippen LogP contribution < -0.4 is 10.4 Å². The number of nitrogens with zero attached hydrogens (tertiary/aromatic N) is 1. The first kappa shape index (κ1) is 13.9. The zero-order valence-corrected chi connectivity index (χ0v) is 11.1. The Morgan fingerprint density at radius 3 is 2.40 bits per heavy atom. The van der Waals surface area contributed by atoms with Crippen LogP contribution in [0.4, 0.5) is 0 Å². The molecule has 5 nitrogen and oxygen atoms in total. The maximum absolute atomic E-state index is 11.6. The van der Waals surface area contributed by atoms with Crippen LogP contribution in [0.15, 0.2) is 47.4 Å². The predicted molar refractivity (Wildman–Crippen MR) is 73.8 cm³/mol. The molecule has 1 aromatic carbocycles. The number of aromatic carboxylic acids is 1.